The molecule has 0 bridgehead atoms. The van der Waals surface area contributed by atoms with Crippen LogP contribution in [-0.4, -0.2) is 45.4 Å². The molecule has 104 valence electrons. The Labute approximate surface area is 113 Å². The van der Waals surface area contributed by atoms with Gasteiger partial charge in [0.2, 0.25) is 0 Å². The standard InChI is InChI=1S/C14H19FN2O2/c1-18-5-3-17(4-6-19-2)11-13-7-12(10-16)8-14(15)9-13/h7-9H,3-6,11H2,1-2H3. The Morgan fingerprint density at radius 1 is 1.16 bits per heavy atom. The third kappa shape index (κ3) is 5.79. The summed E-state index contributed by atoms with van der Waals surface area (Å²) in [6.45, 7) is 3.24. The van der Waals surface area contributed by atoms with E-state index in [0.29, 0.717) is 25.3 Å². The summed E-state index contributed by atoms with van der Waals surface area (Å²) < 4.78 is 23.4. The smallest absolute Gasteiger partial charge is 0.124 e. The quantitative estimate of drug-likeness (QED) is 0.719. The van der Waals surface area contributed by atoms with E-state index in [2.05, 4.69) is 4.90 Å². The molecule has 0 aromatic heterocycles. The lowest BCUT2D eigenvalue weighted by molar-refractivity contribution is 0.110. The summed E-state index contributed by atoms with van der Waals surface area (Å²) in [6, 6.07) is 6.35. The van der Waals surface area contributed by atoms with Crippen LogP contribution in [0.15, 0.2) is 18.2 Å². The van der Waals surface area contributed by atoms with Crippen LogP contribution in [0.4, 0.5) is 4.39 Å². The molecule has 0 radical (unpaired) electrons. The number of ether oxygens (including phenoxy) is 2. The highest BCUT2D eigenvalue weighted by atomic mass is 19.1. The average Bonchev–Trinajstić information content (AvgIpc) is 2.41. The second-order valence-electron chi connectivity index (χ2n) is 4.22. The number of hydrogen-bond acceptors (Lipinski definition) is 4. The summed E-state index contributed by atoms with van der Waals surface area (Å²) in [7, 11) is 3.29. The monoisotopic (exact) mass is 266 g/mol. The minimum Gasteiger partial charge on any atom is -0.383 e. The first kappa shape index (κ1) is 15.6. The van der Waals surface area contributed by atoms with Crippen molar-refractivity contribution in [3.8, 4) is 6.07 Å². The fourth-order valence-electron chi connectivity index (χ4n) is 1.78. The molecular formula is C14H19FN2O2. The minimum absolute atomic E-state index is 0.341. The second kappa shape index (κ2) is 8.59. The van der Waals surface area contributed by atoms with Crippen LogP contribution in [0.25, 0.3) is 0 Å². The van der Waals surface area contributed by atoms with Crippen LogP contribution in [-0.2, 0) is 16.0 Å². The molecule has 1 rings (SSSR count). The molecule has 19 heavy (non-hydrogen) atoms. The van der Waals surface area contributed by atoms with Crippen molar-refractivity contribution in [2.75, 3.05) is 40.5 Å². The predicted octanol–water partition coefficient (Wildman–Crippen LogP) is 1.79. The highest BCUT2D eigenvalue weighted by molar-refractivity contribution is 5.33. The van der Waals surface area contributed by atoms with Crippen molar-refractivity contribution in [2.24, 2.45) is 0 Å². The summed E-state index contributed by atoms with van der Waals surface area (Å²) in [5.41, 5.74) is 1.12. The Balaban J connectivity index is 2.71. The van der Waals surface area contributed by atoms with E-state index in [1.54, 1.807) is 20.3 Å². The van der Waals surface area contributed by atoms with Gasteiger partial charge in [0, 0.05) is 33.9 Å². The molecule has 0 aliphatic heterocycles. The van der Waals surface area contributed by atoms with Gasteiger partial charge >= 0.3 is 0 Å². The molecule has 0 fully saturated rings. The van der Waals surface area contributed by atoms with Crippen molar-refractivity contribution in [1.82, 2.24) is 4.90 Å². The zero-order chi connectivity index (χ0) is 14.1. The summed E-state index contributed by atoms with van der Waals surface area (Å²) >= 11 is 0. The van der Waals surface area contributed by atoms with Crippen LogP contribution in [0.3, 0.4) is 0 Å². The molecule has 0 atom stereocenters. The van der Waals surface area contributed by atoms with Gasteiger partial charge < -0.3 is 9.47 Å². The largest absolute Gasteiger partial charge is 0.383 e. The van der Waals surface area contributed by atoms with Crippen molar-refractivity contribution in [3.05, 3.63) is 35.1 Å². The van der Waals surface area contributed by atoms with Gasteiger partial charge in [-0.15, -0.1) is 0 Å². The van der Waals surface area contributed by atoms with E-state index in [0.717, 1.165) is 18.7 Å². The fourth-order valence-corrected chi connectivity index (χ4v) is 1.78. The van der Waals surface area contributed by atoms with Gasteiger partial charge in [0.25, 0.3) is 0 Å². The third-order valence-electron chi connectivity index (χ3n) is 2.72. The van der Waals surface area contributed by atoms with E-state index in [-0.39, 0.29) is 5.82 Å². The molecule has 0 aliphatic rings. The maximum Gasteiger partial charge on any atom is 0.124 e. The zero-order valence-electron chi connectivity index (χ0n) is 11.4. The first-order valence-corrected chi connectivity index (χ1v) is 6.09. The third-order valence-corrected chi connectivity index (χ3v) is 2.72. The number of halogens is 1. The van der Waals surface area contributed by atoms with Gasteiger partial charge in [0.05, 0.1) is 24.8 Å². The lowest BCUT2D eigenvalue weighted by Gasteiger charge is -2.21. The van der Waals surface area contributed by atoms with E-state index >= 15 is 0 Å². The van der Waals surface area contributed by atoms with Crippen molar-refractivity contribution in [3.63, 3.8) is 0 Å². The van der Waals surface area contributed by atoms with Crippen LogP contribution in [0.1, 0.15) is 11.1 Å². The topological polar surface area (TPSA) is 45.5 Å². The van der Waals surface area contributed by atoms with Crippen LogP contribution >= 0.6 is 0 Å². The number of nitriles is 1. The molecule has 0 saturated carbocycles. The van der Waals surface area contributed by atoms with Gasteiger partial charge in [0.15, 0.2) is 0 Å². The SMILES string of the molecule is COCCN(CCOC)Cc1cc(F)cc(C#N)c1. The predicted molar refractivity (Wildman–Crippen MR) is 70.1 cm³/mol. The second-order valence-corrected chi connectivity index (χ2v) is 4.22. The van der Waals surface area contributed by atoms with Gasteiger partial charge in [-0.25, -0.2) is 4.39 Å². The van der Waals surface area contributed by atoms with E-state index < -0.39 is 0 Å². The molecule has 5 heteroatoms. The van der Waals surface area contributed by atoms with Gasteiger partial charge in [-0.3, -0.25) is 4.90 Å². The highest BCUT2D eigenvalue weighted by Gasteiger charge is 2.08. The van der Waals surface area contributed by atoms with Crippen LogP contribution in [0, 0.1) is 17.1 Å². The maximum absolute atomic E-state index is 13.4. The zero-order valence-corrected chi connectivity index (χ0v) is 11.4. The van der Waals surface area contributed by atoms with Crippen molar-refractivity contribution in [1.29, 1.82) is 5.26 Å². The Hall–Kier alpha value is -1.48. The molecule has 0 unspecified atom stereocenters. The number of benzene rings is 1. The van der Waals surface area contributed by atoms with E-state index in [4.69, 9.17) is 14.7 Å². The lowest BCUT2D eigenvalue weighted by atomic mass is 10.1. The van der Waals surface area contributed by atoms with Gasteiger partial charge in [-0.05, 0) is 23.8 Å². The molecule has 0 heterocycles. The molecule has 4 nitrogen and oxygen atoms in total. The van der Waals surface area contributed by atoms with E-state index in [1.165, 1.54) is 12.1 Å². The Morgan fingerprint density at radius 3 is 2.32 bits per heavy atom. The molecule has 0 N–H and O–H groups in total. The minimum atomic E-state index is -0.382. The summed E-state index contributed by atoms with van der Waals surface area (Å²) in [6.07, 6.45) is 0. The molecular weight excluding hydrogens is 247 g/mol. The first-order chi connectivity index (χ1) is 9.19. The highest BCUT2D eigenvalue weighted by Crippen LogP contribution is 2.11. The van der Waals surface area contributed by atoms with Gasteiger partial charge in [0.1, 0.15) is 5.82 Å². The van der Waals surface area contributed by atoms with Crippen LogP contribution in [0.2, 0.25) is 0 Å². The lowest BCUT2D eigenvalue weighted by Crippen LogP contribution is -2.30. The van der Waals surface area contributed by atoms with Crippen molar-refractivity contribution < 1.29 is 13.9 Å². The first-order valence-electron chi connectivity index (χ1n) is 6.09. The maximum atomic E-state index is 13.4. The van der Waals surface area contributed by atoms with Gasteiger partial charge in [-0.2, -0.15) is 5.26 Å². The summed E-state index contributed by atoms with van der Waals surface area (Å²) in [4.78, 5) is 2.10. The number of methoxy groups -OCH3 is 2. The molecule has 0 saturated heterocycles. The Bertz CT molecular complexity index is 424. The Morgan fingerprint density at radius 2 is 1.79 bits per heavy atom. The Kier molecular flexibility index (Phi) is 7.04. The van der Waals surface area contributed by atoms with Crippen LogP contribution < -0.4 is 0 Å². The molecule has 0 aliphatic carbocycles. The molecule has 0 spiro atoms. The molecule has 1 aromatic carbocycles. The average molecular weight is 266 g/mol. The molecule has 1 aromatic rings. The van der Waals surface area contributed by atoms with Crippen LogP contribution in [0.5, 0.6) is 0 Å². The van der Waals surface area contributed by atoms with Gasteiger partial charge in [-0.1, -0.05) is 0 Å². The van der Waals surface area contributed by atoms with E-state index in [9.17, 15) is 4.39 Å². The number of nitrogens with zero attached hydrogens (tertiary/aromatic N) is 2. The summed E-state index contributed by atoms with van der Waals surface area (Å²) in [5, 5.41) is 8.83. The molecule has 0 amide bonds. The normalized spacial score (nSPS) is 10.7. The van der Waals surface area contributed by atoms with E-state index in [1.807, 2.05) is 6.07 Å². The van der Waals surface area contributed by atoms with Crippen molar-refractivity contribution in [2.45, 2.75) is 6.54 Å². The number of hydrogen-bond donors (Lipinski definition) is 0. The number of rotatable bonds is 8. The fraction of sp³-hybridized carbons (Fsp3) is 0.500. The summed E-state index contributed by atoms with van der Waals surface area (Å²) in [5.74, 6) is -0.382. The van der Waals surface area contributed by atoms with Crippen molar-refractivity contribution >= 4 is 0 Å².